The number of carbonyl (C=O) groups is 2. The number of rotatable bonds is 9. The fourth-order valence-electron chi connectivity index (χ4n) is 3.83. The van der Waals surface area contributed by atoms with Gasteiger partial charge in [-0.1, -0.05) is 12.1 Å². The van der Waals surface area contributed by atoms with Gasteiger partial charge in [0, 0.05) is 11.1 Å². The SMILES string of the molecule is COc1ccc(-c2nnn(CC(=O)N(Cc3ccco3)C(C(=O)NC(C)(C)C)c3ccc(F)cc3)n2)cc1. The van der Waals surface area contributed by atoms with Crippen LogP contribution in [0.5, 0.6) is 5.75 Å². The molecule has 1 N–H and O–H groups in total. The molecule has 1 atom stereocenters. The standard InChI is InChI=1S/C27H29FN6O4/c1-27(2,3)29-26(36)24(18-7-11-20(28)12-8-18)33(16-22-6-5-15-38-22)23(35)17-34-31-25(30-32-34)19-9-13-21(37-4)14-10-19/h5-15,24H,16-17H2,1-4H3,(H,29,36). The molecule has 38 heavy (non-hydrogen) atoms. The van der Waals surface area contributed by atoms with Gasteiger partial charge in [-0.25, -0.2) is 4.39 Å². The summed E-state index contributed by atoms with van der Waals surface area (Å²) < 4.78 is 24.4. The van der Waals surface area contributed by atoms with Crippen molar-refractivity contribution in [3.05, 3.63) is 84.1 Å². The number of tetrazole rings is 1. The van der Waals surface area contributed by atoms with Crippen LogP contribution in [0.1, 0.15) is 38.1 Å². The van der Waals surface area contributed by atoms with Crippen molar-refractivity contribution in [3.8, 4) is 17.1 Å². The van der Waals surface area contributed by atoms with E-state index >= 15 is 0 Å². The number of furan rings is 1. The Labute approximate surface area is 219 Å². The molecule has 0 saturated carbocycles. The summed E-state index contributed by atoms with van der Waals surface area (Å²) in [5, 5.41) is 15.3. The number of hydrogen-bond acceptors (Lipinski definition) is 7. The fourth-order valence-corrected chi connectivity index (χ4v) is 3.83. The zero-order chi connectivity index (χ0) is 27.3. The molecule has 2 heterocycles. The van der Waals surface area contributed by atoms with Crippen LogP contribution < -0.4 is 10.1 Å². The van der Waals surface area contributed by atoms with E-state index in [0.29, 0.717) is 28.5 Å². The second-order valence-corrected chi connectivity index (χ2v) is 9.67. The first-order chi connectivity index (χ1) is 18.1. The molecule has 11 heteroatoms. The molecular weight excluding hydrogens is 491 g/mol. The molecule has 4 aromatic rings. The highest BCUT2D eigenvalue weighted by Gasteiger charge is 2.34. The second kappa shape index (κ2) is 11.2. The van der Waals surface area contributed by atoms with Gasteiger partial charge in [-0.2, -0.15) is 4.80 Å². The van der Waals surface area contributed by atoms with Gasteiger partial charge in [0.2, 0.25) is 17.6 Å². The molecule has 0 aliphatic heterocycles. The van der Waals surface area contributed by atoms with Crippen molar-refractivity contribution in [2.45, 2.75) is 45.4 Å². The molecule has 0 saturated heterocycles. The molecule has 1 unspecified atom stereocenters. The van der Waals surface area contributed by atoms with E-state index in [9.17, 15) is 14.0 Å². The zero-order valence-electron chi connectivity index (χ0n) is 21.6. The van der Waals surface area contributed by atoms with Crippen molar-refractivity contribution in [2.24, 2.45) is 0 Å². The summed E-state index contributed by atoms with van der Waals surface area (Å²) in [7, 11) is 1.57. The van der Waals surface area contributed by atoms with E-state index < -0.39 is 29.2 Å². The quantitative estimate of drug-likeness (QED) is 0.357. The van der Waals surface area contributed by atoms with E-state index in [1.165, 1.54) is 40.2 Å². The molecule has 0 spiro atoms. The largest absolute Gasteiger partial charge is 0.497 e. The van der Waals surface area contributed by atoms with Crippen molar-refractivity contribution in [1.29, 1.82) is 0 Å². The number of carbonyl (C=O) groups excluding carboxylic acids is 2. The molecule has 198 valence electrons. The normalized spacial score (nSPS) is 12.1. The van der Waals surface area contributed by atoms with Crippen molar-refractivity contribution < 1.29 is 23.1 Å². The number of nitrogens with one attached hydrogen (secondary N) is 1. The Morgan fingerprint density at radius 1 is 1.11 bits per heavy atom. The number of nitrogens with zero attached hydrogens (tertiary/aromatic N) is 5. The Kier molecular flexibility index (Phi) is 7.85. The van der Waals surface area contributed by atoms with Crippen LogP contribution in [-0.4, -0.2) is 49.6 Å². The van der Waals surface area contributed by atoms with Crippen LogP contribution in [0.4, 0.5) is 4.39 Å². The third-order valence-corrected chi connectivity index (χ3v) is 5.55. The van der Waals surface area contributed by atoms with Gasteiger partial charge in [0.05, 0.1) is 19.9 Å². The highest BCUT2D eigenvalue weighted by Crippen LogP contribution is 2.26. The highest BCUT2D eigenvalue weighted by molar-refractivity contribution is 5.89. The van der Waals surface area contributed by atoms with Gasteiger partial charge < -0.3 is 19.4 Å². The number of methoxy groups -OCH3 is 1. The molecule has 0 bridgehead atoms. The molecule has 2 amide bonds. The Hall–Kier alpha value is -4.54. The summed E-state index contributed by atoms with van der Waals surface area (Å²) in [6.07, 6.45) is 1.49. The number of halogens is 1. The summed E-state index contributed by atoms with van der Waals surface area (Å²) >= 11 is 0. The van der Waals surface area contributed by atoms with Gasteiger partial charge in [0.15, 0.2) is 0 Å². The first-order valence-electron chi connectivity index (χ1n) is 11.9. The van der Waals surface area contributed by atoms with Gasteiger partial charge in [0.1, 0.15) is 29.9 Å². The second-order valence-electron chi connectivity index (χ2n) is 9.67. The smallest absolute Gasteiger partial charge is 0.247 e. The lowest BCUT2D eigenvalue weighted by Crippen LogP contribution is -2.49. The Morgan fingerprint density at radius 2 is 1.82 bits per heavy atom. The van der Waals surface area contributed by atoms with Crippen LogP contribution in [0.2, 0.25) is 0 Å². The van der Waals surface area contributed by atoms with Crippen LogP contribution in [-0.2, 0) is 22.7 Å². The van der Waals surface area contributed by atoms with E-state index in [-0.39, 0.29) is 13.1 Å². The van der Waals surface area contributed by atoms with Crippen LogP contribution >= 0.6 is 0 Å². The average Bonchev–Trinajstić information content (AvgIpc) is 3.56. The van der Waals surface area contributed by atoms with Gasteiger partial charge >= 0.3 is 0 Å². The maximum absolute atomic E-state index is 13.7. The number of amides is 2. The topological polar surface area (TPSA) is 115 Å². The predicted molar refractivity (Wildman–Crippen MR) is 136 cm³/mol. The van der Waals surface area contributed by atoms with Gasteiger partial charge in [-0.05, 0) is 80.1 Å². The lowest BCUT2D eigenvalue weighted by molar-refractivity contribution is -0.143. The molecular formula is C27H29FN6O4. The summed E-state index contributed by atoms with van der Waals surface area (Å²) in [5.41, 5.74) is 0.569. The van der Waals surface area contributed by atoms with Gasteiger partial charge in [0.25, 0.3) is 0 Å². The summed E-state index contributed by atoms with van der Waals surface area (Å²) in [5.74, 6) is 0.154. The van der Waals surface area contributed by atoms with Crippen LogP contribution in [0.25, 0.3) is 11.4 Å². The number of aromatic nitrogens is 4. The molecule has 2 aromatic carbocycles. The van der Waals surface area contributed by atoms with Crippen molar-refractivity contribution >= 4 is 11.8 Å². The summed E-state index contributed by atoms with van der Waals surface area (Å²) in [6.45, 7) is 5.22. The lowest BCUT2D eigenvalue weighted by atomic mass is 10.0. The molecule has 0 aliphatic rings. The van der Waals surface area contributed by atoms with Crippen LogP contribution in [0.15, 0.2) is 71.3 Å². The van der Waals surface area contributed by atoms with Crippen molar-refractivity contribution in [3.63, 3.8) is 0 Å². The summed E-state index contributed by atoms with van der Waals surface area (Å²) in [6, 6.07) is 14.9. The molecule has 0 fully saturated rings. The van der Waals surface area contributed by atoms with E-state index in [4.69, 9.17) is 9.15 Å². The van der Waals surface area contributed by atoms with E-state index in [1.54, 1.807) is 43.5 Å². The Balaban J connectivity index is 1.65. The maximum atomic E-state index is 13.7. The van der Waals surface area contributed by atoms with Crippen molar-refractivity contribution in [2.75, 3.05) is 7.11 Å². The van der Waals surface area contributed by atoms with E-state index in [2.05, 4.69) is 20.7 Å². The van der Waals surface area contributed by atoms with Gasteiger partial charge in [-0.3, -0.25) is 9.59 Å². The minimum absolute atomic E-state index is 0.00846. The third-order valence-electron chi connectivity index (χ3n) is 5.55. The number of ether oxygens (including phenoxy) is 1. The number of hydrogen-bond donors (Lipinski definition) is 1. The van der Waals surface area contributed by atoms with Crippen LogP contribution in [0.3, 0.4) is 0 Å². The Morgan fingerprint density at radius 3 is 2.42 bits per heavy atom. The first-order valence-corrected chi connectivity index (χ1v) is 11.9. The fraction of sp³-hybridized carbons (Fsp3) is 0.296. The highest BCUT2D eigenvalue weighted by atomic mass is 19.1. The first kappa shape index (κ1) is 26.5. The molecule has 0 aliphatic carbocycles. The molecule has 4 rings (SSSR count). The average molecular weight is 521 g/mol. The van der Waals surface area contributed by atoms with Crippen molar-refractivity contribution in [1.82, 2.24) is 30.4 Å². The van der Waals surface area contributed by atoms with E-state index in [1.807, 2.05) is 20.8 Å². The zero-order valence-corrected chi connectivity index (χ0v) is 21.6. The minimum Gasteiger partial charge on any atom is -0.497 e. The van der Waals surface area contributed by atoms with Crippen LogP contribution in [0, 0.1) is 5.82 Å². The monoisotopic (exact) mass is 520 g/mol. The minimum atomic E-state index is -1.07. The maximum Gasteiger partial charge on any atom is 0.247 e. The molecule has 10 nitrogen and oxygen atoms in total. The van der Waals surface area contributed by atoms with Gasteiger partial charge in [-0.15, -0.1) is 10.2 Å². The lowest BCUT2D eigenvalue weighted by Gasteiger charge is -2.33. The molecule has 2 aromatic heterocycles. The number of benzene rings is 2. The molecule has 0 radical (unpaired) electrons. The summed E-state index contributed by atoms with van der Waals surface area (Å²) in [4.78, 5) is 29.8. The van der Waals surface area contributed by atoms with E-state index in [0.717, 1.165) is 0 Å². The Bertz CT molecular complexity index is 1360. The predicted octanol–water partition coefficient (Wildman–Crippen LogP) is 3.77. The third kappa shape index (κ3) is 6.61.